The van der Waals surface area contributed by atoms with Gasteiger partial charge >= 0.3 is 0 Å². The Morgan fingerprint density at radius 3 is 2.87 bits per heavy atom. The molecular weight excluding hydrogens is 186 g/mol. The summed E-state index contributed by atoms with van der Waals surface area (Å²) in [5.74, 6) is 3.56. The molecule has 0 aliphatic carbocycles. The normalized spacial score (nSPS) is 11.8. The van der Waals surface area contributed by atoms with E-state index in [1.54, 1.807) is 0 Å². The van der Waals surface area contributed by atoms with Gasteiger partial charge in [-0.25, -0.2) is 0 Å². The predicted octanol–water partition coefficient (Wildman–Crippen LogP) is 2.20. The first kappa shape index (κ1) is 11.6. The van der Waals surface area contributed by atoms with Crippen molar-refractivity contribution < 1.29 is 4.74 Å². The molecule has 1 atom stereocenters. The fourth-order valence-electron chi connectivity index (χ4n) is 1.27. The first-order valence-corrected chi connectivity index (χ1v) is 5.18. The standard InChI is InChI=1S/C13H17NO/c1-4-11(3)14-10-12-8-6-7-9-13(12)15-5-2/h1,6-9,11,14H,5,10H2,2-3H3. The highest BCUT2D eigenvalue weighted by Crippen LogP contribution is 2.17. The lowest BCUT2D eigenvalue weighted by molar-refractivity contribution is 0.335. The lowest BCUT2D eigenvalue weighted by Crippen LogP contribution is -2.23. The second-order valence-electron chi connectivity index (χ2n) is 3.31. The van der Waals surface area contributed by atoms with E-state index < -0.39 is 0 Å². The number of para-hydroxylation sites is 1. The van der Waals surface area contributed by atoms with Crippen molar-refractivity contribution in [2.45, 2.75) is 26.4 Å². The van der Waals surface area contributed by atoms with Gasteiger partial charge in [0.1, 0.15) is 5.75 Å². The van der Waals surface area contributed by atoms with E-state index >= 15 is 0 Å². The first-order valence-electron chi connectivity index (χ1n) is 5.18. The van der Waals surface area contributed by atoms with Gasteiger partial charge in [0.25, 0.3) is 0 Å². The molecule has 0 saturated heterocycles. The summed E-state index contributed by atoms with van der Waals surface area (Å²) in [5, 5.41) is 3.23. The average molecular weight is 203 g/mol. The summed E-state index contributed by atoms with van der Waals surface area (Å²) in [6.45, 7) is 5.36. The third-order valence-corrected chi connectivity index (χ3v) is 2.12. The SMILES string of the molecule is C#CC(C)NCc1ccccc1OCC. The topological polar surface area (TPSA) is 21.3 Å². The molecule has 80 valence electrons. The molecule has 0 aliphatic heterocycles. The van der Waals surface area contributed by atoms with Crippen molar-refractivity contribution in [1.82, 2.24) is 5.32 Å². The van der Waals surface area contributed by atoms with Crippen LogP contribution in [-0.2, 0) is 6.54 Å². The molecule has 0 aliphatic rings. The zero-order valence-electron chi connectivity index (χ0n) is 9.29. The van der Waals surface area contributed by atoms with Crippen LogP contribution in [0.15, 0.2) is 24.3 Å². The van der Waals surface area contributed by atoms with Crippen molar-refractivity contribution >= 4 is 0 Å². The summed E-state index contributed by atoms with van der Waals surface area (Å²) in [6, 6.07) is 8.07. The molecular formula is C13H17NO. The van der Waals surface area contributed by atoms with Gasteiger partial charge in [0.2, 0.25) is 0 Å². The molecule has 2 nitrogen and oxygen atoms in total. The molecule has 1 aromatic carbocycles. The molecule has 1 N–H and O–H groups in total. The van der Waals surface area contributed by atoms with Gasteiger partial charge in [-0.05, 0) is 19.9 Å². The maximum Gasteiger partial charge on any atom is 0.123 e. The maximum absolute atomic E-state index is 5.51. The molecule has 2 heteroatoms. The summed E-state index contributed by atoms with van der Waals surface area (Å²) in [6.07, 6.45) is 5.29. The van der Waals surface area contributed by atoms with Gasteiger partial charge in [0.05, 0.1) is 12.6 Å². The predicted molar refractivity (Wildman–Crippen MR) is 62.7 cm³/mol. The Balaban J connectivity index is 2.63. The Morgan fingerprint density at radius 2 is 2.20 bits per heavy atom. The Kier molecular flexibility index (Phi) is 4.73. The van der Waals surface area contributed by atoms with Crippen molar-refractivity contribution in [3.63, 3.8) is 0 Å². The second-order valence-corrected chi connectivity index (χ2v) is 3.31. The molecule has 0 radical (unpaired) electrons. The lowest BCUT2D eigenvalue weighted by Gasteiger charge is -2.12. The summed E-state index contributed by atoms with van der Waals surface area (Å²) in [5.41, 5.74) is 1.14. The van der Waals surface area contributed by atoms with E-state index in [4.69, 9.17) is 11.2 Å². The number of terminal acetylenes is 1. The summed E-state index contributed by atoms with van der Waals surface area (Å²) in [7, 11) is 0. The fourth-order valence-corrected chi connectivity index (χ4v) is 1.27. The van der Waals surface area contributed by atoms with Crippen molar-refractivity contribution in [1.29, 1.82) is 0 Å². The van der Waals surface area contributed by atoms with E-state index in [1.807, 2.05) is 38.1 Å². The minimum atomic E-state index is 0.0830. The first-order chi connectivity index (χ1) is 7.27. The van der Waals surface area contributed by atoms with Gasteiger partial charge in [-0.15, -0.1) is 6.42 Å². The van der Waals surface area contributed by atoms with Gasteiger partial charge in [0, 0.05) is 12.1 Å². The maximum atomic E-state index is 5.51. The largest absolute Gasteiger partial charge is 0.494 e. The molecule has 1 rings (SSSR count). The van der Waals surface area contributed by atoms with Gasteiger partial charge in [-0.3, -0.25) is 5.32 Å². The van der Waals surface area contributed by atoms with Crippen LogP contribution >= 0.6 is 0 Å². The molecule has 0 fully saturated rings. The highest BCUT2D eigenvalue weighted by atomic mass is 16.5. The smallest absolute Gasteiger partial charge is 0.123 e. The summed E-state index contributed by atoms with van der Waals surface area (Å²) >= 11 is 0. The van der Waals surface area contributed by atoms with E-state index in [1.165, 1.54) is 0 Å². The van der Waals surface area contributed by atoms with E-state index in [2.05, 4.69) is 11.2 Å². The number of rotatable bonds is 5. The Hall–Kier alpha value is -1.46. The monoisotopic (exact) mass is 203 g/mol. The van der Waals surface area contributed by atoms with Crippen LogP contribution in [0.4, 0.5) is 0 Å². The fraction of sp³-hybridized carbons (Fsp3) is 0.385. The molecule has 0 heterocycles. The average Bonchev–Trinajstić information content (AvgIpc) is 2.28. The number of hydrogen-bond acceptors (Lipinski definition) is 2. The molecule has 0 aromatic heterocycles. The number of nitrogens with one attached hydrogen (secondary N) is 1. The van der Waals surface area contributed by atoms with Crippen molar-refractivity contribution in [3.8, 4) is 18.1 Å². The van der Waals surface area contributed by atoms with Gasteiger partial charge in [-0.1, -0.05) is 24.1 Å². The molecule has 0 bridgehead atoms. The van der Waals surface area contributed by atoms with Crippen LogP contribution in [0.25, 0.3) is 0 Å². The van der Waals surface area contributed by atoms with Gasteiger partial charge in [0.15, 0.2) is 0 Å². The molecule has 0 amide bonds. The van der Waals surface area contributed by atoms with Gasteiger partial charge < -0.3 is 4.74 Å². The van der Waals surface area contributed by atoms with Crippen LogP contribution < -0.4 is 10.1 Å². The van der Waals surface area contributed by atoms with Crippen LogP contribution in [0, 0.1) is 12.3 Å². The number of benzene rings is 1. The third-order valence-electron chi connectivity index (χ3n) is 2.12. The van der Waals surface area contributed by atoms with E-state index in [9.17, 15) is 0 Å². The summed E-state index contributed by atoms with van der Waals surface area (Å²) in [4.78, 5) is 0. The highest BCUT2D eigenvalue weighted by molar-refractivity contribution is 5.33. The van der Waals surface area contributed by atoms with E-state index in [0.717, 1.165) is 17.9 Å². The lowest BCUT2D eigenvalue weighted by atomic mass is 10.2. The molecule has 1 aromatic rings. The highest BCUT2D eigenvalue weighted by Gasteiger charge is 2.02. The van der Waals surface area contributed by atoms with Crippen LogP contribution in [0.2, 0.25) is 0 Å². The Bertz CT molecular complexity index is 341. The minimum absolute atomic E-state index is 0.0830. The van der Waals surface area contributed by atoms with E-state index in [-0.39, 0.29) is 6.04 Å². The molecule has 1 unspecified atom stereocenters. The minimum Gasteiger partial charge on any atom is -0.494 e. The molecule has 0 saturated carbocycles. The van der Waals surface area contributed by atoms with E-state index in [0.29, 0.717) is 6.61 Å². The summed E-state index contributed by atoms with van der Waals surface area (Å²) < 4.78 is 5.51. The van der Waals surface area contributed by atoms with Crippen molar-refractivity contribution in [3.05, 3.63) is 29.8 Å². The molecule has 15 heavy (non-hydrogen) atoms. The van der Waals surface area contributed by atoms with Crippen LogP contribution in [-0.4, -0.2) is 12.6 Å². The number of hydrogen-bond donors (Lipinski definition) is 1. The number of ether oxygens (including phenoxy) is 1. The second kappa shape index (κ2) is 6.10. The van der Waals surface area contributed by atoms with Crippen molar-refractivity contribution in [2.75, 3.05) is 6.61 Å². The third kappa shape index (κ3) is 3.65. The quantitative estimate of drug-likeness (QED) is 0.741. The zero-order valence-corrected chi connectivity index (χ0v) is 9.29. The van der Waals surface area contributed by atoms with Gasteiger partial charge in [-0.2, -0.15) is 0 Å². The van der Waals surface area contributed by atoms with Crippen LogP contribution in [0.1, 0.15) is 19.4 Å². The van der Waals surface area contributed by atoms with Crippen LogP contribution in [0.5, 0.6) is 5.75 Å². The Labute approximate surface area is 91.6 Å². The molecule has 0 spiro atoms. The van der Waals surface area contributed by atoms with Crippen molar-refractivity contribution in [2.24, 2.45) is 0 Å². The zero-order chi connectivity index (χ0) is 11.1. The van der Waals surface area contributed by atoms with Crippen LogP contribution in [0.3, 0.4) is 0 Å². The Morgan fingerprint density at radius 1 is 1.47 bits per heavy atom.